The van der Waals surface area contributed by atoms with Crippen molar-refractivity contribution in [1.82, 2.24) is 9.80 Å². The number of carboxylic acid groups (broad SMARTS) is 1. The van der Waals surface area contributed by atoms with Crippen LogP contribution in [0.4, 0.5) is 0 Å². The summed E-state index contributed by atoms with van der Waals surface area (Å²) in [7, 11) is 1.94. The molecule has 0 aliphatic carbocycles. The third kappa shape index (κ3) is 2.65. The zero-order valence-corrected chi connectivity index (χ0v) is 13.7. The highest BCUT2D eigenvalue weighted by Gasteiger charge is 2.52. The van der Waals surface area contributed by atoms with Gasteiger partial charge in [0.25, 0.3) is 5.91 Å². The summed E-state index contributed by atoms with van der Waals surface area (Å²) in [5, 5.41) is 18.8. The van der Waals surface area contributed by atoms with E-state index >= 15 is 0 Å². The summed E-state index contributed by atoms with van der Waals surface area (Å²) < 4.78 is 0. The summed E-state index contributed by atoms with van der Waals surface area (Å²) in [4.78, 5) is 28.5. The molecule has 0 aromatic heterocycles. The quantitative estimate of drug-likeness (QED) is 0.891. The van der Waals surface area contributed by atoms with E-state index in [0.717, 1.165) is 13.0 Å². The molecule has 1 aromatic carbocycles. The monoisotopic (exact) mass is 327 g/mol. The van der Waals surface area contributed by atoms with Gasteiger partial charge in [0.05, 0.1) is 17.0 Å². The fraction of sp³-hybridized carbons (Fsp3) is 0.500. The van der Waals surface area contributed by atoms with Crippen LogP contribution in [0.3, 0.4) is 0 Å². The average molecular weight is 327 g/mol. The van der Waals surface area contributed by atoms with Gasteiger partial charge >= 0.3 is 5.97 Å². The van der Waals surface area contributed by atoms with Crippen molar-refractivity contribution in [2.75, 3.05) is 26.7 Å². The van der Waals surface area contributed by atoms with E-state index in [2.05, 4.69) is 4.90 Å². The van der Waals surface area contributed by atoms with Crippen LogP contribution in [0.1, 0.15) is 35.2 Å². The minimum absolute atomic E-state index is 0.134. The number of carbonyl (C=O) groups is 2. The summed E-state index contributed by atoms with van der Waals surface area (Å²) in [6, 6.07) is 8.53. The molecular formula is C18H21N3O3. The molecule has 0 saturated carbocycles. The number of nitrogens with zero attached hydrogens (tertiary/aromatic N) is 3. The largest absolute Gasteiger partial charge is 0.481 e. The maximum Gasteiger partial charge on any atom is 0.311 e. The van der Waals surface area contributed by atoms with E-state index < -0.39 is 11.4 Å². The Morgan fingerprint density at radius 1 is 1.33 bits per heavy atom. The zero-order chi connectivity index (χ0) is 17.3. The van der Waals surface area contributed by atoms with Crippen LogP contribution < -0.4 is 0 Å². The molecular weight excluding hydrogens is 306 g/mol. The second-order valence-corrected chi connectivity index (χ2v) is 6.76. The number of nitriles is 1. The van der Waals surface area contributed by atoms with E-state index in [1.165, 1.54) is 0 Å². The highest BCUT2D eigenvalue weighted by atomic mass is 16.4. The topological polar surface area (TPSA) is 84.6 Å². The van der Waals surface area contributed by atoms with Crippen molar-refractivity contribution in [3.8, 4) is 6.07 Å². The first-order chi connectivity index (χ1) is 11.5. The Bertz CT molecular complexity index is 712. The fourth-order valence-corrected chi connectivity index (χ4v) is 4.07. The van der Waals surface area contributed by atoms with Gasteiger partial charge in [-0.25, -0.2) is 0 Å². The van der Waals surface area contributed by atoms with Gasteiger partial charge in [0, 0.05) is 24.7 Å². The Labute approximate surface area is 141 Å². The van der Waals surface area contributed by atoms with Crippen LogP contribution in [0.2, 0.25) is 0 Å². The summed E-state index contributed by atoms with van der Waals surface area (Å²) >= 11 is 0. The van der Waals surface area contributed by atoms with Gasteiger partial charge in [0.1, 0.15) is 0 Å². The maximum absolute atomic E-state index is 12.8. The molecule has 6 heteroatoms. The van der Waals surface area contributed by atoms with E-state index in [4.69, 9.17) is 5.26 Å². The van der Waals surface area contributed by atoms with Crippen LogP contribution in [-0.2, 0) is 4.79 Å². The third-order valence-corrected chi connectivity index (χ3v) is 5.48. The fourth-order valence-electron chi connectivity index (χ4n) is 4.07. The number of aliphatic carboxylic acids is 1. The molecule has 0 radical (unpaired) electrons. The number of fused-ring (bicyclic) bond motifs is 1. The van der Waals surface area contributed by atoms with E-state index in [9.17, 15) is 14.7 Å². The summed E-state index contributed by atoms with van der Waals surface area (Å²) in [5.41, 5.74) is 0.182. The Morgan fingerprint density at radius 3 is 2.83 bits per heavy atom. The molecule has 1 amide bonds. The number of hydrogen-bond acceptors (Lipinski definition) is 4. The lowest BCUT2D eigenvalue weighted by atomic mass is 9.68. The van der Waals surface area contributed by atoms with Gasteiger partial charge in [-0.1, -0.05) is 6.07 Å². The lowest BCUT2D eigenvalue weighted by Gasteiger charge is -2.51. The number of likely N-dealkylation sites (N-methyl/N-ethyl adjacent to an activating group) is 1. The second-order valence-electron chi connectivity index (χ2n) is 6.76. The van der Waals surface area contributed by atoms with Gasteiger partial charge in [0.2, 0.25) is 0 Å². The maximum atomic E-state index is 12.8. The molecule has 0 bridgehead atoms. The smallest absolute Gasteiger partial charge is 0.311 e. The number of hydrogen-bond donors (Lipinski definition) is 1. The molecule has 1 aromatic rings. The van der Waals surface area contributed by atoms with Crippen LogP contribution in [0.15, 0.2) is 24.3 Å². The highest BCUT2D eigenvalue weighted by molar-refractivity contribution is 5.95. The number of carbonyl (C=O) groups excluding carboxylic acids is 1. The Morgan fingerprint density at radius 2 is 2.12 bits per heavy atom. The molecule has 3 rings (SSSR count). The predicted octanol–water partition coefficient (Wildman–Crippen LogP) is 1.57. The SMILES string of the molecule is CN1CCC[C@]2(C(=O)O)CCN(C(=O)c3cccc(C#N)c3)C[C@@H]12. The second kappa shape index (κ2) is 6.25. The molecule has 2 aliphatic heterocycles. The lowest BCUT2D eigenvalue weighted by molar-refractivity contribution is -0.161. The standard InChI is InChI=1S/C18H21N3O3/c1-20-8-3-6-18(17(23)24)7-9-21(12-15(18)20)16(22)14-5-2-4-13(10-14)11-19/h2,4-5,10,15H,3,6-9,12H2,1H3,(H,23,24)/t15-,18+/m1/s1. The van der Waals surface area contributed by atoms with E-state index in [-0.39, 0.29) is 11.9 Å². The number of piperidine rings is 2. The number of carboxylic acids is 1. The molecule has 6 nitrogen and oxygen atoms in total. The number of amides is 1. The minimum Gasteiger partial charge on any atom is -0.481 e. The molecule has 2 aliphatic rings. The van der Waals surface area contributed by atoms with Gasteiger partial charge in [-0.15, -0.1) is 0 Å². The Balaban J connectivity index is 1.84. The van der Waals surface area contributed by atoms with Crippen molar-refractivity contribution in [2.45, 2.75) is 25.3 Å². The van der Waals surface area contributed by atoms with Crippen molar-refractivity contribution < 1.29 is 14.7 Å². The van der Waals surface area contributed by atoms with Crippen LogP contribution in [-0.4, -0.2) is 59.5 Å². The molecule has 1 N–H and O–H groups in total. The van der Waals surface area contributed by atoms with Gasteiger partial charge in [-0.3, -0.25) is 9.59 Å². The molecule has 2 heterocycles. The number of likely N-dealkylation sites (tertiary alicyclic amines) is 2. The molecule has 0 spiro atoms. The van der Waals surface area contributed by atoms with Crippen molar-refractivity contribution in [3.63, 3.8) is 0 Å². The van der Waals surface area contributed by atoms with Crippen LogP contribution in [0.25, 0.3) is 0 Å². The molecule has 0 unspecified atom stereocenters. The minimum atomic E-state index is -0.752. The number of benzene rings is 1. The molecule has 24 heavy (non-hydrogen) atoms. The molecule has 2 saturated heterocycles. The zero-order valence-electron chi connectivity index (χ0n) is 13.7. The normalized spacial score (nSPS) is 27.2. The first-order valence-electron chi connectivity index (χ1n) is 8.21. The van der Waals surface area contributed by atoms with Gasteiger partial charge in [-0.2, -0.15) is 5.26 Å². The van der Waals surface area contributed by atoms with Crippen molar-refractivity contribution in [1.29, 1.82) is 5.26 Å². The summed E-state index contributed by atoms with van der Waals surface area (Å²) in [6.07, 6.45) is 2.02. The van der Waals surface area contributed by atoms with Crippen molar-refractivity contribution in [3.05, 3.63) is 35.4 Å². The molecule has 126 valence electrons. The molecule has 2 atom stereocenters. The summed E-state index contributed by atoms with van der Waals surface area (Å²) in [6.45, 7) is 1.70. The third-order valence-electron chi connectivity index (χ3n) is 5.48. The molecule has 2 fully saturated rings. The highest BCUT2D eigenvalue weighted by Crippen LogP contribution is 2.42. The van der Waals surface area contributed by atoms with Crippen LogP contribution in [0.5, 0.6) is 0 Å². The first kappa shape index (κ1) is 16.5. The van der Waals surface area contributed by atoms with Crippen molar-refractivity contribution >= 4 is 11.9 Å². The Kier molecular flexibility index (Phi) is 4.29. The van der Waals surface area contributed by atoms with Crippen molar-refractivity contribution in [2.24, 2.45) is 5.41 Å². The van der Waals surface area contributed by atoms with Crippen LogP contribution >= 0.6 is 0 Å². The van der Waals surface area contributed by atoms with Gasteiger partial charge in [0.15, 0.2) is 0 Å². The van der Waals surface area contributed by atoms with E-state index in [1.54, 1.807) is 29.2 Å². The Hall–Kier alpha value is -2.39. The van der Waals surface area contributed by atoms with Gasteiger partial charge < -0.3 is 14.9 Å². The summed E-state index contributed by atoms with van der Waals surface area (Å²) in [5.74, 6) is -0.886. The van der Waals surface area contributed by atoms with Gasteiger partial charge in [-0.05, 0) is 51.1 Å². The predicted molar refractivity (Wildman–Crippen MR) is 87.4 cm³/mol. The first-order valence-corrected chi connectivity index (χ1v) is 8.21. The average Bonchev–Trinajstić information content (AvgIpc) is 2.61. The van der Waals surface area contributed by atoms with Crippen LogP contribution in [0, 0.1) is 16.7 Å². The van der Waals surface area contributed by atoms with E-state index in [1.807, 2.05) is 13.1 Å². The number of rotatable bonds is 2. The lowest BCUT2D eigenvalue weighted by Crippen LogP contribution is -2.63. The van der Waals surface area contributed by atoms with E-state index in [0.29, 0.717) is 37.1 Å².